The fraction of sp³-hybridized carbons (Fsp3) is 0.0625. The Kier molecular flexibility index (Phi) is 7.90. The summed E-state index contributed by atoms with van der Waals surface area (Å²) in [6, 6.07) is 24.6. The number of fused-ring (bicyclic) bond motifs is 2. The minimum absolute atomic E-state index is 0.171. The van der Waals surface area contributed by atoms with Gasteiger partial charge in [-0.1, -0.05) is 59.8 Å². The molecule has 206 valence electrons. The number of carbonyl (C=O) groups excluding carboxylic acids is 1. The number of halogens is 2. The molecular weight excluding hydrogens is 573 g/mol. The van der Waals surface area contributed by atoms with Gasteiger partial charge in [-0.2, -0.15) is 0 Å². The minimum Gasteiger partial charge on any atom is -0.487 e. The van der Waals surface area contributed by atoms with Gasteiger partial charge in [-0.3, -0.25) is 4.79 Å². The summed E-state index contributed by atoms with van der Waals surface area (Å²) in [5.41, 5.74) is 3.27. The number of aromatic nitrogens is 3. The molecule has 6 rings (SSSR count). The Morgan fingerprint density at radius 1 is 0.976 bits per heavy atom. The van der Waals surface area contributed by atoms with Crippen LogP contribution in [0.2, 0.25) is 5.02 Å². The molecule has 0 aliphatic carbocycles. The highest BCUT2D eigenvalue weighted by Crippen LogP contribution is 2.33. The van der Waals surface area contributed by atoms with Crippen LogP contribution in [0.15, 0.2) is 91.3 Å². The van der Waals surface area contributed by atoms with Crippen LogP contribution in [0.3, 0.4) is 0 Å². The van der Waals surface area contributed by atoms with Gasteiger partial charge in [-0.05, 0) is 54.1 Å². The average molecular weight is 594 g/mol. The molecule has 2 N–H and O–H groups in total. The Hall–Kier alpha value is -5.04. The largest absolute Gasteiger partial charge is 0.487 e. The molecule has 0 atom stereocenters. The molecule has 42 heavy (non-hydrogen) atoms. The summed E-state index contributed by atoms with van der Waals surface area (Å²) in [6.45, 7) is 0.365. The minimum atomic E-state index is -0.318. The van der Waals surface area contributed by atoms with Gasteiger partial charge in [0.2, 0.25) is 0 Å². The lowest BCUT2D eigenvalue weighted by atomic mass is 10.2. The molecule has 7 nitrogen and oxygen atoms in total. The first-order chi connectivity index (χ1) is 20.5. The fourth-order valence-electron chi connectivity index (χ4n) is 4.16. The summed E-state index contributed by atoms with van der Waals surface area (Å²) in [5.74, 6) is 6.57. The summed E-state index contributed by atoms with van der Waals surface area (Å²) >= 11 is 7.89. The molecule has 1 amide bonds. The molecule has 0 saturated carbocycles. The van der Waals surface area contributed by atoms with E-state index in [1.807, 2.05) is 42.5 Å². The van der Waals surface area contributed by atoms with E-state index in [1.54, 1.807) is 30.3 Å². The van der Waals surface area contributed by atoms with Crippen molar-refractivity contribution in [2.75, 3.05) is 11.9 Å². The molecule has 3 aromatic carbocycles. The third-order valence-corrected chi connectivity index (χ3v) is 7.51. The predicted molar refractivity (Wildman–Crippen MR) is 164 cm³/mol. The van der Waals surface area contributed by atoms with Crippen LogP contribution < -0.4 is 15.4 Å². The number of rotatable bonds is 7. The first-order valence-corrected chi connectivity index (χ1v) is 14.0. The lowest BCUT2D eigenvalue weighted by Gasteiger charge is -2.11. The van der Waals surface area contributed by atoms with Crippen molar-refractivity contribution in [3.8, 4) is 17.6 Å². The zero-order valence-corrected chi connectivity index (χ0v) is 23.5. The van der Waals surface area contributed by atoms with Crippen molar-refractivity contribution < 1.29 is 13.9 Å². The molecule has 0 aliphatic heterocycles. The third kappa shape index (κ3) is 6.31. The van der Waals surface area contributed by atoms with Crippen LogP contribution >= 0.6 is 22.9 Å². The smallest absolute Gasteiger partial charge is 0.270 e. The number of benzene rings is 3. The van der Waals surface area contributed by atoms with Gasteiger partial charge in [0.25, 0.3) is 5.91 Å². The number of hydrogen-bond donors (Lipinski definition) is 2. The lowest BCUT2D eigenvalue weighted by molar-refractivity contribution is 0.0954. The Bertz CT molecular complexity index is 2000. The van der Waals surface area contributed by atoms with Crippen LogP contribution in [0.5, 0.6) is 5.75 Å². The number of nitrogens with zero attached hydrogens (tertiary/aromatic N) is 3. The number of ether oxygens (including phenoxy) is 1. The Morgan fingerprint density at radius 2 is 1.88 bits per heavy atom. The second-order valence-corrected chi connectivity index (χ2v) is 10.6. The Labute approximate surface area is 249 Å². The number of para-hydroxylation sites is 1. The van der Waals surface area contributed by atoms with Gasteiger partial charge in [0.05, 0.1) is 32.2 Å². The highest BCUT2D eigenvalue weighted by atomic mass is 35.5. The number of carbonyl (C=O) groups is 1. The van der Waals surface area contributed by atoms with E-state index in [-0.39, 0.29) is 24.9 Å². The third-order valence-electron chi connectivity index (χ3n) is 6.17. The molecule has 0 radical (unpaired) electrons. The Balaban J connectivity index is 1.10. The van der Waals surface area contributed by atoms with Crippen molar-refractivity contribution in [3.05, 3.63) is 118 Å². The van der Waals surface area contributed by atoms with E-state index in [2.05, 4.69) is 37.4 Å². The maximum absolute atomic E-state index is 13.4. The normalized spacial score (nSPS) is 10.7. The number of hydrogen-bond acceptors (Lipinski definition) is 7. The first-order valence-electron chi connectivity index (χ1n) is 12.8. The van der Waals surface area contributed by atoms with E-state index in [9.17, 15) is 9.18 Å². The molecule has 0 spiro atoms. The zero-order valence-electron chi connectivity index (χ0n) is 21.9. The number of thiophene rings is 1. The Morgan fingerprint density at radius 3 is 2.76 bits per heavy atom. The molecule has 0 bridgehead atoms. The van der Waals surface area contributed by atoms with Gasteiger partial charge in [0, 0.05) is 11.1 Å². The van der Waals surface area contributed by atoms with Crippen molar-refractivity contribution in [3.63, 3.8) is 0 Å². The van der Waals surface area contributed by atoms with Crippen molar-refractivity contribution in [2.24, 2.45) is 0 Å². The van der Waals surface area contributed by atoms with Crippen LogP contribution in [0.4, 0.5) is 15.9 Å². The summed E-state index contributed by atoms with van der Waals surface area (Å²) in [7, 11) is 0. The second-order valence-electron chi connectivity index (χ2n) is 9.11. The number of amides is 1. The van der Waals surface area contributed by atoms with E-state index in [1.165, 1.54) is 29.8 Å². The summed E-state index contributed by atoms with van der Waals surface area (Å²) < 4.78 is 20.0. The molecule has 6 aromatic rings. The topological polar surface area (TPSA) is 89.0 Å². The van der Waals surface area contributed by atoms with Crippen LogP contribution in [0.25, 0.3) is 21.1 Å². The van der Waals surface area contributed by atoms with E-state index in [4.69, 9.17) is 16.3 Å². The summed E-state index contributed by atoms with van der Waals surface area (Å²) in [5, 5.41) is 7.45. The lowest BCUT2D eigenvalue weighted by Crippen LogP contribution is -2.24. The van der Waals surface area contributed by atoms with E-state index in [0.717, 1.165) is 26.0 Å². The quantitative estimate of drug-likeness (QED) is 0.191. The second kappa shape index (κ2) is 12.2. The predicted octanol–water partition coefficient (Wildman–Crippen LogP) is 7.14. The molecule has 0 aliphatic rings. The molecular formula is C32H21ClFN5O2S. The van der Waals surface area contributed by atoms with Gasteiger partial charge in [0.15, 0.2) is 5.82 Å². The maximum atomic E-state index is 13.4. The SMILES string of the molecule is O=C(NCC#Cc1cc2ncnc(Nc3ccc(OCc4cccc(F)c4)c(Cl)c3)c2s1)c1ccc2ccccc2n1. The van der Waals surface area contributed by atoms with Crippen molar-refractivity contribution in [1.82, 2.24) is 20.3 Å². The van der Waals surface area contributed by atoms with Crippen LogP contribution in [-0.4, -0.2) is 27.4 Å². The molecule has 0 saturated heterocycles. The molecule has 0 unspecified atom stereocenters. The monoisotopic (exact) mass is 593 g/mol. The van der Waals surface area contributed by atoms with E-state index < -0.39 is 0 Å². The van der Waals surface area contributed by atoms with Crippen molar-refractivity contribution in [2.45, 2.75) is 6.61 Å². The van der Waals surface area contributed by atoms with Crippen molar-refractivity contribution >= 4 is 61.5 Å². The summed E-state index contributed by atoms with van der Waals surface area (Å²) in [6.07, 6.45) is 1.48. The molecule has 10 heteroatoms. The van der Waals surface area contributed by atoms with Crippen LogP contribution in [0, 0.1) is 17.7 Å². The van der Waals surface area contributed by atoms with E-state index >= 15 is 0 Å². The highest BCUT2D eigenvalue weighted by Gasteiger charge is 2.11. The van der Waals surface area contributed by atoms with Crippen LogP contribution in [-0.2, 0) is 6.61 Å². The standard InChI is InChI=1S/C32H21ClFN5O2S/c33-25-16-23(11-13-29(25)41-18-20-5-3-7-22(34)15-20)38-31-30-28(36-19-37-31)17-24(42-30)8-4-14-35-32(40)27-12-10-21-6-1-2-9-26(21)39-27/h1-3,5-7,9-13,15-17,19H,14,18H2,(H,35,40)(H,36,37,38). The van der Waals surface area contributed by atoms with Gasteiger partial charge >= 0.3 is 0 Å². The zero-order chi connectivity index (χ0) is 28.9. The number of pyridine rings is 1. The number of anilines is 2. The van der Waals surface area contributed by atoms with Gasteiger partial charge < -0.3 is 15.4 Å². The van der Waals surface area contributed by atoms with Gasteiger partial charge in [-0.15, -0.1) is 11.3 Å². The summed E-state index contributed by atoms with van der Waals surface area (Å²) in [4.78, 5) is 26.5. The van der Waals surface area contributed by atoms with Gasteiger partial charge in [0.1, 0.15) is 30.2 Å². The van der Waals surface area contributed by atoms with Crippen molar-refractivity contribution in [1.29, 1.82) is 0 Å². The first kappa shape index (κ1) is 27.1. The number of nitrogens with one attached hydrogen (secondary N) is 2. The molecule has 0 fully saturated rings. The van der Waals surface area contributed by atoms with Crippen LogP contribution in [0.1, 0.15) is 20.9 Å². The molecule has 3 aromatic heterocycles. The average Bonchev–Trinajstić information content (AvgIpc) is 3.43. The maximum Gasteiger partial charge on any atom is 0.270 e. The van der Waals surface area contributed by atoms with E-state index in [0.29, 0.717) is 33.5 Å². The molecule has 3 heterocycles. The highest BCUT2D eigenvalue weighted by molar-refractivity contribution is 7.20. The fourth-order valence-corrected chi connectivity index (χ4v) is 5.33. The van der Waals surface area contributed by atoms with Gasteiger partial charge in [-0.25, -0.2) is 19.3 Å².